The molecule has 0 N–H and O–H groups in total. The van der Waals surface area contributed by atoms with Crippen LogP contribution in [0.5, 0.6) is 11.5 Å². The van der Waals surface area contributed by atoms with Crippen molar-refractivity contribution in [3.05, 3.63) is 54.1 Å². The summed E-state index contributed by atoms with van der Waals surface area (Å²) in [5, 5.41) is 8.48. The van der Waals surface area contributed by atoms with Crippen molar-refractivity contribution in [2.75, 3.05) is 12.5 Å². The zero-order chi connectivity index (χ0) is 20.2. The van der Waals surface area contributed by atoms with Gasteiger partial charge in [-0.3, -0.25) is 4.79 Å². The van der Waals surface area contributed by atoms with Gasteiger partial charge in [0.25, 0.3) is 5.22 Å². The van der Waals surface area contributed by atoms with Gasteiger partial charge in [0.2, 0.25) is 18.6 Å². The predicted octanol–water partition coefficient (Wildman–Crippen LogP) is 3.99. The smallest absolute Gasteiger partial charge is 0.277 e. The Morgan fingerprint density at radius 1 is 1.10 bits per heavy atom. The topological polar surface area (TPSA) is 77.7 Å². The first kappa shape index (κ1) is 19.3. The van der Waals surface area contributed by atoms with Crippen LogP contribution in [-0.2, 0) is 11.3 Å². The van der Waals surface area contributed by atoms with Crippen LogP contribution in [0.2, 0.25) is 0 Å². The minimum atomic E-state index is 0.0247. The van der Waals surface area contributed by atoms with E-state index in [4.69, 9.17) is 13.9 Å². The van der Waals surface area contributed by atoms with Crippen molar-refractivity contribution in [1.82, 2.24) is 15.1 Å². The van der Waals surface area contributed by atoms with Crippen LogP contribution < -0.4 is 9.47 Å². The number of fused-ring (bicyclic) bond motifs is 1. The number of hydrogen-bond acceptors (Lipinski definition) is 7. The van der Waals surface area contributed by atoms with Crippen molar-refractivity contribution in [1.29, 1.82) is 0 Å². The van der Waals surface area contributed by atoms with Crippen molar-refractivity contribution in [2.24, 2.45) is 0 Å². The second-order valence-electron chi connectivity index (χ2n) is 6.83. The average Bonchev–Trinajstić information content (AvgIpc) is 3.39. The third-order valence-electron chi connectivity index (χ3n) is 4.48. The molecular weight excluding hydrogens is 390 g/mol. The van der Waals surface area contributed by atoms with E-state index in [0.717, 1.165) is 11.1 Å². The van der Waals surface area contributed by atoms with E-state index in [1.54, 1.807) is 6.07 Å². The molecule has 0 unspecified atom stereocenters. The molecule has 2 aromatic carbocycles. The summed E-state index contributed by atoms with van der Waals surface area (Å²) in [6, 6.07) is 15.5. The maximum atomic E-state index is 12.8. The average molecular weight is 411 g/mol. The first-order valence-electron chi connectivity index (χ1n) is 9.30. The highest BCUT2D eigenvalue weighted by Gasteiger charge is 2.20. The molecular formula is C21H21N3O4S. The van der Waals surface area contributed by atoms with Gasteiger partial charge in [-0.05, 0) is 37.6 Å². The number of aromatic nitrogens is 2. The van der Waals surface area contributed by atoms with Gasteiger partial charge >= 0.3 is 0 Å². The molecule has 1 amide bonds. The summed E-state index contributed by atoms with van der Waals surface area (Å²) in [5.74, 6) is 1.98. The van der Waals surface area contributed by atoms with Crippen molar-refractivity contribution < 1.29 is 18.7 Å². The summed E-state index contributed by atoms with van der Waals surface area (Å²) in [6.45, 7) is 4.80. The van der Waals surface area contributed by atoms with E-state index in [1.165, 1.54) is 11.8 Å². The lowest BCUT2D eigenvalue weighted by molar-refractivity contribution is -0.130. The standard InChI is InChI=1S/C21H21N3O4S/c1-14(2)24(11-15-6-4-3-5-7-15)19(25)12-29-21-23-22-20(28-21)16-8-9-17-18(10-16)27-13-26-17/h3-10,14H,11-13H2,1-2H3. The molecule has 0 spiro atoms. The monoisotopic (exact) mass is 411 g/mol. The van der Waals surface area contributed by atoms with Crippen molar-refractivity contribution in [2.45, 2.75) is 31.7 Å². The molecule has 1 aliphatic heterocycles. The van der Waals surface area contributed by atoms with Gasteiger partial charge in [0.15, 0.2) is 11.5 Å². The zero-order valence-corrected chi connectivity index (χ0v) is 17.0. The molecule has 0 bridgehead atoms. The van der Waals surface area contributed by atoms with Crippen LogP contribution in [0.3, 0.4) is 0 Å². The van der Waals surface area contributed by atoms with Crippen LogP contribution >= 0.6 is 11.8 Å². The Morgan fingerprint density at radius 3 is 2.69 bits per heavy atom. The Morgan fingerprint density at radius 2 is 1.90 bits per heavy atom. The lowest BCUT2D eigenvalue weighted by Gasteiger charge is -2.26. The lowest BCUT2D eigenvalue weighted by Crippen LogP contribution is -2.37. The summed E-state index contributed by atoms with van der Waals surface area (Å²) in [5.41, 5.74) is 1.84. The van der Waals surface area contributed by atoms with E-state index in [0.29, 0.717) is 29.2 Å². The highest BCUT2D eigenvalue weighted by Crippen LogP contribution is 2.36. The predicted molar refractivity (Wildman–Crippen MR) is 109 cm³/mol. The second-order valence-corrected chi connectivity index (χ2v) is 7.76. The summed E-state index contributed by atoms with van der Waals surface area (Å²) >= 11 is 1.24. The Hall–Kier alpha value is -3.00. The number of amides is 1. The highest BCUT2D eigenvalue weighted by molar-refractivity contribution is 7.99. The minimum Gasteiger partial charge on any atom is -0.454 e. The maximum Gasteiger partial charge on any atom is 0.277 e. The third-order valence-corrected chi connectivity index (χ3v) is 5.29. The van der Waals surface area contributed by atoms with Gasteiger partial charge in [-0.15, -0.1) is 10.2 Å². The van der Waals surface area contributed by atoms with Crippen LogP contribution in [0.1, 0.15) is 19.4 Å². The van der Waals surface area contributed by atoms with Crippen LogP contribution in [0.15, 0.2) is 58.2 Å². The number of ether oxygens (including phenoxy) is 2. The fraction of sp³-hybridized carbons (Fsp3) is 0.286. The van der Waals surface area contributed by atoms with E-state index in [2.05, 4.69) is 10.2 Å². The minimum absolute atomic E-state index is 0.0247. The second kappa shape index (κ2) is 8.57. The summed E-state index contributed by atoms with van der Waals surface area (Å²) in [4.78, 5) is 14.6. The van der Waals surface area contributed by atoms with Gasteiger partial charge in [-0.1, -0.05) is 42.1 Å². The number of thioether (sulfide) groups is 1. The molecule has 0 saturated heterocycles. The fourth-order valence-corrected chi connectivity index (χ4v) is 3.61. The molecule has 0 atom stereocenters. The van der Waals surface area contributed by atoms with Gasteiger partial charge < -0.3 is 18.8 Å². The van der Waals surface area contributed by atoms with Gasteiger partial charge in [0.05, 0.1) is 5.75 Å². The normalized spacial score (nSPS) is 12.4. The molecule has 1 aliphatic rings. The molecule has 0 radical (unpaired) electrons. The summed E-state index contributed by atoms with van der Waals surface area (Å²) in [7, 11) is 0. The van der Waals surface area contributed by atoms with E-state index >= 15 is 0 Å². The Kier molecular flexibility index (Phi) is 5.71. The molecule has 7 nitrogen and oxygen atoms in total. The molecule has 0 aliphatic carbocycles. The molecule has 8 heteroatoms. The van der Waals surface area contributed by atoms with Crippen molar-refractivity contribution in [3.63, 3.8) is 0 Å². The number of carbonyl (C=O) groups excluding carboxylic acids is 1. The van der Waals surface area contributed by atoms with E-state index in [9.17, 15) is 4.79 Å². The quantitative estimate of drug-likeness (QED) is 0.544. The van der Waals surface area contributed by atoms with Crippen LogP contribution in [-0.4, -0.2) is 39.6 Å². The Balaban J connectivity index is 1.39. The molecule has 1 aromatic heterocycles. The molecule has 0 saturated carbocycles. The van der Waals surface area contributed by atoms with E-state index in [-0.39, 0.29) is 24.5 Å². The van der Waals surface area contributed by atoms with Crippen LogP contribution in [0.4, 0.5) is 0 Å². The molecule has 2 heterocycles. The van der Waals surface area contributed by atoms with Crippen LogP contribution in [0, 0.1) is 0 Å². The number of benzene rings is 2. The maximum absolute atomic E-state index is 12.8. The first-order valence-corrected chi connectivity index (χ1v) is 10.3. The number of hydrogen-bond donors (Lipinski definition) is 0. The number of nitrogens with zero attached hydrogens (tertiary/aromatic N) is 3. The lowest BCUT2D eigenvalue weighted by atomic mass is 10.2. The zero-order valence-electron chi connectivity index (χ0n) is 16.2. The van der Waals surface area contributed by atoms with E-state index in [1.807, 2.05) is 61.2 Å². The first-order chi connectivity index (χ1) is 14.1. The molecule has 150 valence electrons. The fourth-order valence-electron chi connectivity index (χ4n) is 2.96. The molecule has 0 fully saturated rings. The summed E-state index contributed by atoms with van der Waals surface area (Å²) < 4.78 is 16.4. The largest absolute Gasteiger partial charge is 0.454 e. The van der Waals surface area contributed by atoms with Gasteiger partial charge in [0.1, 0.15) is 0 Å². The number of carbonyl (C=O) groups is 1. The van der Waals surface area contributed by atoms with Crippen molar-refractivity contribution >= 4 is 17.7 Å². The molecule has 3 aromatic rings. The van der Waals surface area contributed by atoms with Gasteiger partial charge in [0, 0.05) is 18.2 Å². The number of rotatable bonds is 7. The summed E-state index contributed by atoms with van der Waals surface area (Å²) in [6.07, 6.45) is 0. The van der Waals surface area contributed by atoms with Gasteiger partial charge in [-0.25, -0.2) is 0 Å². The molecule has 4 rings (SSSR count). The highest BCUT2D eigenvalue weighted by atomic mass is 32.2. The third kappa shape index (κ3) is 4.54. The molecule has 29 heavy (non-hydrogen) atoms. The Bertz CT molecular complexity index is 991. The van der Waals surface area contributed by atoms with Crippen molar-refractivity contribution in [3.8, 4) is 23.0 Å². The van der Waals surface area contributed by atoms with E-state index < -0.39 is 0 Å². The Labute approximate surface area is 173 Å². The van der Waals surface area contributed by atoms with Crippen LogP contribution in [0.25, 0.3) is 11.5 Å². The van der Waals surface area contributed by atoms with Gasteiger partial charge in [-0.2, -0.15) is 0 Å². The SMILES string of the molecule is CC(C)N(Cc1ccccc1)C(=O)CSc1nnc(-c2ccc3c(c2)OCO3)o1.